The van der Waals surface area contributed by atoms with Crippen LogP contribution in [0.15, 0.2) is 11.6 Å². The fourth-order valence-corrected chi connectivity index (χ4v) is 10.6. The fraction of sp³-hybridized carbons (Fsp3) is 0.900. The smallest absolute Gasteiger partial charge is 0.331 e. The minimum absolute atomic E-state index is 0.0153. The number of cyclic esters (lactones) is 1. The molecule has 0 amide bonds. The van der Waals surface area contributed by atoms with Crippen LogP contribution in [0.1, 0.15) is 85.0 Å². The molecular formula is C30H44O7. The first-order chi connectivity index (χ1) is 17.7. The molecule has 12 atom stereocenters. The third kappa shape index (κ3) is 3.27. The fourth-order valence-electron chi connectivity index (χ4n) is 10.6. The Kier molecular flexibility index (Phi) is 5.58. The van der Waals surface area contributed by atoms with Gasteiger partial charge >= 0.3 is 5.97 Å². The summed E-state index contributed by atoms with van der Waals surface area (Å²) >= 11 is 0. The maximum atomic E-state index is 11.8. The van der Waals surface area contributed by atoms with E-state index >= 15 is 0 Å². The SMILES string of the molecule is CO[C@@H]1C[C@@H](O[C@H]2CC[C@@]3(C)[C@H](CC[C@@]45O[C@@]46CC[C@H](C4=CC(=O)OC4)[C@@]6(C)CC[C@H]35)C2)O[C@@H](C)[C@H]1O. The van der Waals surface area contributed by atoms with Gasteiger partial charge in [-0.25, -0.2) is 4.79 Å². The summed E-state index contributed by atoms with van der Waals surface area (Å²) < 4.78 is 30.4. The van der Waals surface area contributed by atoms with Gasteiger partial charge in [0.05, 0.1) is 18.3 Å². The maximum absolute atomic E-state index is 11.8. The molecule has 0 aromatic carbocycles. The zero-order valence-corrected chi connectivity index (χ0v) is 22.9. The Balaban J connectivity index is 1.06. The van der Waals surface area contributed by atoms with Gasteiger partial charge in [0.15, 0.2) is 6.29 Å². The number of aliphatic hydroxyl groups is 1. The van der Waals surface area contributed by atoms with E-state index in [2.05, 4.69) is 13.8 Å². The van der Waals surface area contributed by atoms with Crippen molar-refractivity contribution >= 4 is 5.97 Å². The van der Waals surface area contributed by atoms with Gasteiger partial charge in [0.1, 0.15) is 23.9 Å². The number of methoxy groups -OCH3 is 1. The topological polar surface area (TPSA) is 86.8 Å². The van der Waals surface area contributed by atoms with Crippen molar-refractivity contribution in [1.82, 2.24) is 0 Å². The van der Waals surface area contributed by atoms with E-state index in [0.717, 1.165) is 32.1 Å². The van der Waals surface area contributed by atoms with Gasteiger partial charge in [-0.15, -0.1) is 0 Å². The van der Waals surface area contributed by atoms with Gasteiger partial charge in [0.2, 0.25) is 0 Å². The summed E-state index contributed by atoms with van der Waals surface area (Å²) in [7, 11) is 1.65. The average Bonchev–Trinajstić information content (AvgIpc) is 3.18. The lowest BCUT2D eigenvalue weighted by molar-refractivity contribution is -0.271. The molecule has 7 aliphatic rings. The summed E-state index contributed by atoms with van der Waals surface area (Å²) in [6, 6.07) is 0. The number of carbonyl (C=O) groups excluding carboxylic acids is 1. The zero-order chi connectivity index (χ0) is 25.8. The van der Waals surface area contributed by atoms with Gasteiger partial charge in [-0.05, 0) is 93.5 Å². The highest BCUT2D eigenvalue weighted by Gasteiger charge is 2.86. The molecule has 7 nitrogen and oxygen atoms in total. The zero-order valence-electron chi connectivity index (χ0n) is 22.9. The van der Waals surface area contributed by atoms with Gasteiger partial charge in [-0.1, -0.05) is 13.8 Å². The summed E-state index contributed by atoms with van der Waals surface area (Å²) in [4.78, 5) is 11.8. The largest absolute Gasteiger partial charge is 0.458 e. The van der Waals surface area contributed by atoms with E-state index in [1.54, 1.807) is 13.2 Å². The molecule has 7 rings (SSSR count). The highest BCUT2D eigenvalue weighted by molar-refractivity contribution is 5.85. The van der Waals surface area contributed by atoms with Crippen molar-refractivity contribution in [2.45, 2.75) is 127 Å². The minimum Gasteiger partial charge on any atom is -0.458 e. The van der Waals surface area contributed by atoms with Gasteiger partial charge < -0.3 is 28.8 Å². The van der Waals surface area contributed by atoms with Crippen molar-refractivity contribution in [2.75, 3.05) is 13.7 Å². The van der Waals surface area contributed by atoms with Crippen LogP contribution < -0.4 is 0 Å². The Bertz CT molecular complexity index is 996. The predicted molar refractivity (Wildman–Crippen MR) is 134 cm³/mol. The number of hydrogen-bond donors (Lipinski definition) is 1. The molecule has 3 heterocycles. The number of esters is 1. The molecule has 0 unspecified atom stereocenters. The predicted octanol–water partition coefficient (Wildman–Crippen LogP) is 4.30. The third-order valence-electron chi connectivity index (χ3n) is 12.6. The van der Waals surface area contributed by atoms with Crippen molar-refractivity contribution in [3.05, 3.63) is 11.6 Å². The lowest BCUT2D eigenvalue weighted by atomic mass is 9.44. The normalized spacial score (nSPS) is 56.5. The highest BCUT2D eigenvalue weighted by atomic mass is 16.7. The second kappa shape index (κ2) is 8.26. The Hall–Kier alpha value is -0.990. The molecule has 7 heteroatoms. The molecule has 4 saturated carbocycles. The molecule has 0 bridgehead atoms. The molecule has 0 aromatic rings. The Morgan fingerprint density at radius 3 is 2.65 bits per heavy atom. The Morgan fingerprint density at radius 2 is 1.89 bits per heavy atom. The molecule has 37 heavy (non-hydrogen) atoms. The summed E-state index contributed by atoms with van der Waals surface area (Å²) in [6.45, 7) is 7.37. The summed E-state index contributed by atoms with van der Waals surface area (Å²) in [5.74, 6) is 1.47. The van der Waals surface area contributed by atoms with E-state index in [0.29, 0.717) is 30.8 Å². The maximum Gasteiger partial charge on any atom is 0.331 e. The van der Waals surface area contributed by atoms with Crippen LogP contribution in [0.25, 0.3) is 0 Å². The molecular weight excluding hydrogens is 472 g/mol. The standard InChI is InChI=1S/C30H44O7/c1-17-26(32)22(33-4)15-25(35-17)36-20-6-9-27(2)19(14-20)5-11-29-23(27)8-10-28(3)21(7-12-30(28,29)37-29)18-13-24(31)34-16-18/h13,17,19-23,25-26,32H,5-12,14-16H2,1-4H3/t17-,19+,20-,21+,22+,23+,25+,26+,27-,28+,29-,30+/m0/s1. The van der Waals surface area contributed by atoms with Crippen molar-refractivity contribution in [2.24, 2.45) is 28.6 Å². The number of hydrogen-bond acceptors (Lipinski definition) is 7. The van der Waals surface area contributed by atoms with E-state index in [1.807, 2.05) is 6.92 Å². The van der Waals surface area contributed by atoms with Crippen LogP contribution in [-0.4, -0.2) is 66.7 Å². The van der Waals surface area contributed by atoms with Gasteiger partial charge in [0, 0.05) is 25.0 Å². The number of rotatable bonds is 4. The van der Waals surface area contributed by atoms with Gasteiger partial charge in [0.25, 0.3) is 0 Å². The highest BCUT2D eigenvalue weighted by Crippen LogP contribution is 2.81. The quantitative estimate of drug-likeness (QED) is 0.339. The summed E-state index contributed by atoms with van der Waals surface area (Å²) in [5, 5.41) is 10.3. The van der Waals surface area contributed by atoms with Crippen LogP contribution in [0, 0.1) is 28.6 Å². The molecule has 3 aliphatic heterocycles. The first-order valence-corrected chi connectivity index (χ1v) is 14.7. The van der Waals surface area contributed by atoms with E-state index in [1.165, 1.54) is 31.3 Å². The van der Waals surface area contributed by atoms with E-state index in [-0.39, 0.29) is 52.6 Å². The number of fused-ring (bicyclic) bond motifs is 2. The van der Waals surface area contributed by atoms with Crippen LogP contribution in [0.4, 0.5) is 0 Å². The van der Waals surface area contributed by atoms with E-state index in [4.69, 9.17) is 23.7 Å². The Labute approximate surface area is 220 Å². The number of epoxide rings is 1. The van der Waals surface area contributed by atoms with E-state index in [9.17, 15) is 9.90 Å². The Morgan fingerprint density at radius 1 is 1.05 bits per heavy atom. The third-order valence-corrected chi connectivity index (χ3v) is 12.6. The molecule has 4 aliphatic carbocycles. The number of ether oxygens (including phenoxy) is 5. The van der Waals surface area contributed by atoms with Gasteiger partial charge in [-0.2, -0.15) is 0 Å². The first-order valence-electron chi connectivity index (χ1n) is 14.7. The molecule has 206 valence electrons. The van der Waals surface area contributed by atoms with Crippen molar-refractivity contribution < 1.29 is 33.6 Å². The molecule has 1 N–H and O–H groups in total. The monoisotopic (exact) mass is 516 g/mol. The molecule has 2 spiro atoms. The molecule has 0 aromatic heterocycles. The molecule has 2 saturated heterocycles. The van der Waals surface area contributed by atoms with Gasteiger partial charge in [-0.3, -0.25) is 0 Å². The lowest BCUT2D eigenvalue weighted by Crippen LogP contribution is -2.59. The summed E-state index contributed by atoms with van der Waals surface area (Å²) in [6.07, 6.45) is 11.4. The van der Waals surface area contributed by atoms with E-state index < -0.39 is 6.10 Å². The van der Waals surface area contributed by atoms with Crippen LogP contribution in [-0.2, 0) is 28.5 Å². The number of aliphatic hydroxyl groups excluding tert-OH is 1. The molecule has 0 radical (unpaired) electrons. The average molecular weight is 517 g/mol. The van der Waals surface area contributed by atoms with Crippen LogP contribution in [0.5, 0.6) is 0 Å². The van der Waals surface area contributed by atoms with Crippen LogP contribution in [0.2, 0.25) is 0 Å². The van der Waals surface area contributed by atoms with Crippen molar-refractivity contribution in [1.29, 1.82) is 0 Å². The molecule has 6 fully saturated rings. The second-order valence-electron chi connectivity index (χ2n) is 13.8. The van der Waals surface area contributed by atoms with Crippen molar-refractivity contribution in [3.63, 3.8) is 0 Å². The number of carbonyl (C=O) groups is 1. The second-order valence-corrected chi connectivity index (χ2v) is 13.8. The first kappa shape index (κ1) is 25.0. The van der Waals surface area contributed by atoms with Crippen LogP contribution >= 0.6 is 0 Å². The lowest BCUT2D eigenvalue weighted by Gasteiger charge is -2.58. The van der Waals surface area contributed by atoms with Crippen molar-refractivity contribution in [3.8, 4) is 0 Å². The van der Waals surface area contributed by atoms with Crippen LogP contribution in [0.3, 0.4) is 0 Å². The summed E-state index contributed by atoms with van der Waals surface area (Å²) in [5.41, 5.74) is 1.57. The minimum atomic E-state index is -0.606.